The molecule has 0 amide bonds. The molecule has 1 N–H and O–H groups in total. The molecule has 2 aromatic carbocycles. The molecule has 2 aromatic rings. The summed E-state index contributed by atoms with van der Waals surface area (Å²) < 4.78 is 0. The summed E-state index contributed by atoms with van der Waals surface area (Å²) in [5.74, 6) is 0. The Morgan fingerprint density at radius 2 is 2.00 bits per heavy atom. The van der Waals surface area contributed by atoms with Crippen LogP contribution in [0.4, 0.5) is 5.69 Å². The van der Waals surface area contributed by atoms with Gasteiger partial charge in [-0.25, -0.2) is 0 Å². The smallest absolute Gasteiger partial charge is 0.226 e. The van der Waals surface area contributed by atoms with Crippen molar-refractivity contribution in [1.29, 1.82) is 0 Å². The third kappa shape index (κ3) is 1.01. The topological polar surface area (TPSA) is 24.4 Å². The fourth-order valence-electron chi connectivity index (χ4n) is 1.73. The minimum Gasteiger partial charge on any atom is -0.353 e. The van der Waals surface area contributed by atoms with E-state index < -0.39 is 0 Å². The van der Waals surface area contributed by atoms with Gasteiger partial charge in [0.05, 0.1) is 0 Å². The van der Waals surface area contributed by atoms with Crippen LogP contribution in [0.3, 0.4) is 0 Å². The molecule has 1 aliphatic rings. The zero-order chi connectivity index (χ0) is 9.38. The van der Waals surface area contributed by atoms with Crippen LogP contribution in [-0.4, -0.2) is 6.21 Å². The lowest BCUT2D eigenvalue weighted by Gasteiger charge is -2.13. The Morgan fingerprint density at radius 3 is 3.00 bits per heavy atom. The van der Waals surface area contributed by atoms with Gasteiger partial charge in [0.25, 0.3) is 0 Å². The number of benzene rings is 2. The lowest BCUT2D eigenvalue weighted by molar-refractivity contribution is 1.29. The Morgan fingerprint density at radius 1 is 1.07 bits per heavy atom. The maximum atomic E-state index is 3.98. The molecule has 0 aromatic heterocycles. The highest BCUT2D eigenvalue weighted by atomic mass is 15.0. The molecule has 0 saturated carbocycles. The first-order valence-corrected chi connectivity index (χ1v) is 4.51. The van der Waals surface area contributed by atoms with E-state index in [4.69, 9.17) is 0 Å². The number of rotatable bonds is 0. The zero-order valence-electron chi connectivity index (χ0n) is 7.49. The molecule has 1 heterocycles. The van der Waals surface area contributed by atoms with Crippen molar-refractivity contribution in [3.8, 4) is 0 Å². The number of nitrogens with zero attached hydrogens (tertiary/aromatic N) is 1. The van der Waals surface area contributed by atoms with Gasteiger partial charge in [-0.2, -0.15) is 0 Å². The molecule has 66 valence electrons. The molecule has 1 aliphatic heterocycles. The Hall–Kier alpha value is -1.83. The average Bonchev–Trinajstić information content (AvgIpc) is 2.29. The van der Waals surface area contributed by atoms with Crippen LogP contribution >= 0.6 is 0 Å². The van der Waals surface area contributed by atoms with Gasteiger partial charge >= 0.3 is 0 Å². The molecule has 0 unspecified atom stereocenters. The molecule has 2 heteroatoms. The molecular weight excluding hydrogens is 172 g/mol. The number of anilines is 1. The van der Waals surface area contributed by atoms with Gasteiger partial charge < -0.3 is 5.32 Å². The lowest BCUT2D eigenvalue weighted by atomic mass is 10.0. The summed E-state index contributed by atoms with van der Waals surface area (Å²) >= 11 is 0. The van der Waals surface area contributed by atoms with Gasteiger partial charge in [0.15, 0.2) is 0 Å². The molecule has 0 bridgehead atoms. The van der Waals surface area contributed by atoms with Gasteiger partial charge in [0.2, 0.25) is 6.67 Å². The first-order valence-electron chi connectivity index (χ1n) is 4.51. The highest BCUT2D eigenvalue weighted by Gasteiger charge is 2.07. The number of hydrogen-bond acceptors (Lipinski definition) is 2. The predicted octanol–water partition coefficient (Wildman–Crippen LogP) is 2.68. The summed E-state index contributed by atoms with van der Waals surface area (Å²) in [5.41, 5.74) is 2.21. The second-order valence-electron chi connectivity index (χ2n) is 3.24. The Bertz CT molecular complexity index is 515. The number of aliphatic imine (C=N–C) groups is 1. The van der Waals surface area contributed by atoms with E-state index in [1.165, 1.54) is 10.8 Å². The average molecular weight is 180 g/mol. The standard InChI is InChI=1S/C12H8N2/c1-2-4-10-9(3-1)5-6-12-11(10)7-13-8-14-12/h1-7,14H. The summed E-state index contributed by atoms with van der Waals surface area (Å²) in [6.07, 6.45) is 1.84. The van der Waals surface area contributed by atoms with Crippen molar-refractivity contribution in [1.82, 2.24) is 0 Å². The van der Waals surface area contributed by atoms with Gasteiger partial charge in [-0.1, -0.05) is 30.3 Å². The Kier molecular flexibility index (Phi) is 1.53. The van der Waals surface area contributed by atoms with Crippen molar-refractivity contribution in [3.63, 3.8) is 0 Å². The van der Waals surface area contributed by atoms with E-state index in [1.54, 1.807) is 0 Å². The highest BCUT2D eigenvalue weighted by molar-refractivity contribution is 6.06. The molecule has 0 atom stereocenters. The minimum absolute atomic E-state index is 1.07. The first-order chi connectivity index (χ1) is 6.95. The maximum Gasteiger partial charge on any atom is 0.226 e. The third-order valence-corrected chi connectivity index (χ3v) is 2.42. The second-order valence-corrected chi connectivity index (χ2v) is 3.24. The molecule has 0 fully saturated rings. The minimum atomic E-state index is 1.07. The van der Waals surface area contributed by atoms with E-state index in [1.807, 2.05) is 18.3 Å². The van der Waals surface area contributed by atoms with E-state index in [-0.39, 0.29) is 0 Å². The quantitative estimate of drug-likeness (QED) is 0.662. The third-order valence-electron chi connectivity index (χ3n) is 2.42. The van der Waals surface area contributed by atoms with Gasteiger partial charge in [0.1, 0.15) is 0 Å². The van der Waals surface area contributed by atoms with Crippen molar-refractivity contribution in [2.45, 2.75) is 0 Å². The normalized spacial score (nSPS) is 13.7. The van der Waals surface area contributed by atoms with Crippen LogP contribution < -0.4 is 5.32 Å². The molecule has 0 saturated heterocycles. The molecule has 0 spiro atoms. The Labute approximate surface area is 82.3 Å². The molecule has 2 radical (unpaired) electrons. The monoisotopic (exact) mass is 180 g/mol. The van der Waals surface area contributed by atoms with E-state index in [9.17, 15) is 0 Å². The van der Waals surface area contributed by atoms with Crippen molar-refractivity contribution in [3.05, 3.63) is 48.6 Å². The van der Waals surface area contributed by atoms with E-state index in [2.05, 4.69) is 41.2 Å². The van der Waals surface area contributed by atoms with Crippen LogP contribution in [0.1, 0.15) is 5.56 Å². The van der Waals surface area contributed by atoms with Crippen LogP contribution in [0.25, 0.3) is 10.8 Å². The van der Waals surface area contributed by atoms with E-state index >= 15 is 0 Å². The van der Waals surface area contributed by atoms with Crippen molar-refractivity contribution in [2.24, 2.45) is 4.99 Å². The number of nitrogens with one attached hydrogen (secondary N) is 1. The SMILES string of the molecule is [C]1N=Cc2c(ccc3ccccc23)N1. The van der Waals surface area contributed by atoms with Crippen molar-refractivity contribution < 1.29 is 0 Å². The van der Waals surface area contributed by atoms with Gasteiger partial charge in [0, 0.05) is 17.5 Å². The van der Waals surface area contributed by atoms with Crippen LogP contribution in [0.15, 0.2) is 41.4 Å². The fourth-order valence-corrected chi connectivity index (χ4v) is 1.73. The number of fused-ring (bicyclic) bond motifs is 3. The van der Waals surface area contributed by atoms with Gasteiger partial charge in [-0.15, -0.1) is 0 Å². The summed E-state index contributed by atoms with van der Waals surface area (Å²) in [6, 6.07) is 12.4. The van der Waals surface area contributed by atoms with Crippen LogP contribution in [-0.2, 0) is 0 Å². The van der Waals surface area contributed by atoms with Crippen LogP contribution in [0, 0.1) is 6.67 Å². The lowest BCUT2D eigenvalue weighted by Crippen LogP contribution is -2.03. The van der Waals surface area contributed by atoms with E-state index in [0.29, 0.717) is 0 Å². The van der Waals surface area contributed by atoms with Crippen molar-refractivity contribution >= 4 is 22.7 Å². The summed E-state index contributed by atoms with van der Waals surface area (Å²) in [4.78, 5) is 3.98. The molecule has 0 aliphatic carbocycles. The molecule has 2 nitrogen and oxygen atoms in total. The second kappa shape index (κ2) is 2.84. The largest absolute Gasteiger partial charge is 0.353 e. The highest BCUT2D eigenvalue weighted by Crippen LogP contribution is 2.26. The fraction of sp³-hybridized carbons (Fsp3) is 0. The summed E-state index contributed by atoms with van der Waals surface area (Å²) in [7, 11) is 0. The zero-order valence-corrected chi connectivity index (χ0v) is 7.49. The molecule has 3 rings (SSSR count). The van der Waals surface area contributed by atoms with Gasteiger partial charge in [-0.05, 0) is 16.8 Å². The van der Waals surface area contributed by atoms with Crippen molar-refractivity contribution in [2.75, 3.05) is 5.32 Å². The Balaban J connectivity index is 2.42. The van der Waals surface area contributed by atoms with Crippen LogP contribution in [0.2, 0.25) is 0 Å². The summed E-state index contributed by atoms with van der Waals surface area (Å²) in [5, 5.41) is 5.47. The molecule has 14 heavy (non-hydrogen) atoms. The summed E-state index contributed by atoms with van der Waals surface area (Å²) in [6.45, 7) is 2.73. The van der Waals surface area contributed by atoms with Crippen LogP contribution in [0.5, 0.6) is 0 Å². The van der Waals surface area contributed by atoms with Gasteiger partial charge in [-0.3, -0.25) is 4.99 Å². The number of hydrogen-bond donors (Lipinski definition) is 1. The molecular formula is C12H8N2. The first kappa shape index (κ1) is 7.56. The van der Waals surface area contributed by atoms with E-state index in [0.717, 1.165) is 11.3 Å². The maximum absolute atomic E-state index is 3.98. The predicted molar refractivity (Wildman–Crippen MR) is 58.4 cm³/mol.